The Morgan fingerprint density at radius 2 is 1.88 bits per heavy atom. The number of aromatic nitrogens is 3. The molecule has 4 rings (SSSR count). The lowest BCUT2D eigenvalue weighted by Crippen LogP contribution is -2.64. The fourth-order valence-electron chi connectivity index (χ4n) is 4.52. The molecule has 34 heavy (non-hydrogen) atoms. The number of anilines is 2. The topological polar surface area (TPSA) is 126 Å². The van der Waals surface area contributed by atoms with E-state index in [4.69, 9.17) is 11.6 Å². The zero-order chi connectivity index (χ0) is 24.3. The van der Waals surface area contributed by atoms with Crippen LogP contribution in [0.15, 0.2) is 42.9 Å². The molecule has 1 saturated heterocycles. The van der Waals surface area contributed by atoms with Gasteiger partial charge in [-0.1, -0.05) is 11.6 Å². The van der Waals surface area contributed by atoms with E-state index in [1.165, 1.54) is 13.4 Å². The third-order valence-electron chi connectivity index (χ3n) is 6.47. The molecular weight excluding hydrogens is 460 g/mol. The maximum atomic E-state index is 14.0. The minimum atomic E-state index is -1.26. The molecule has 1 fully saturated rings. The van der Waals surface area contributed by atoms with Gasteiger partial charge in [0, 0.05) is 50.2 Å². The summed E-state index contributed by atoms with van der Waals surface area (Å²) in [5, 5.41) is 20.7. The van der Waals surface area contributed by atoms with Crippen LogP contribution in [0.3, 0.4) is 0 Å². The van der Waals surface area contributed by atoms with Crippen molar-refractivity contribution in [1.29, 1.82) is 0 Å². The minimum Gasteiger partial charge on any atom is -0.465 e. The molecule has 0 aliphatic carbocycles. The molecule has 10 nitrogen and oxygen atoms in total. The highest BCUT2D eigenvalue weighted by Crippen LogP contribution is 2.35. The summed E-state index contributed by atoms with van der Waals surface area (Å²) < 4.78 is 0. The first-order valence-electron chi connectivity index (χ1n) is 11.1. The third kappa shape index (κ3) is 4.38. The van der Waals surface area contributed by atoms with Gasteiger partial charge in [0.1, 0.15) is 23.3 Å². The van der Waals surface area contributed by atoms with Crippen molar-refractivity contribution in [1.82, 2.24) is 19.9 Å². The predicted molar refractivity (Wildman–Crippen MR) is 129 cm³/mol. The summed E-state index contributed by atoms with van der Waals surface area (Å²) in [6.07, 6.45) is 3.04. The maximum absolute atomic E-state index is 14.0. The van der Waals surface area contributed by atoms with Gasteiger partial charge in [-0.15, -0.1) is 0 Å². The van der Waals surface area contributed by atoms with Gasteiger partial charge in [0.05, 0.1) is 5.39 Å². The second-order valence-electron chi connectivity index (χ2n) is 8.31. The molecule has 2 amide bonds. The fraction of sp³-hybridized carbons (Fsp3) is 0.391. The van der Waals surface area contributed by atoms with Crippen LogP contribution >= 0.6 is 11.6 Å². The molecule has 3 aromatic rings. The second-order valence-corrected chi connectivity index (χ2v) is 8.74. The van der Waals surface area contributed by atoms with E-state index >= 15 is 0 Å². The Bertz CT molecular complexity index is 1160. The van der Waals surface area contributed by atoms with Crippen molar-refractivity contribution < 1.29 is 19.8 Å². The van der Waals surface area contributed by atoms with Crippen molar-refractivity contribution in [3.05, 3.63) is 47.9 Å². The van der Waals surface area contributed by atoms with E-state index in [1.54, 1.807) is 35.4 Å². The Kier molecular flexibility index (Phi) is 6.90. The number of carbonyl (C=O) groups excluding carboxylic acids is 1. The number of piperidine rings is 1. The predicted octanol–water partition coefficient (Wildman–Crippen LogP) is 2.98. The molecular formula is C23H27ClN6O4. The number of hydrogen-bond acceptors (Lipinski definition) is 6. The lowest BCUT2D eigenvalue weighted by Gasteiger charge is -2.47. The van der Waals surface area contributed by atoms with Crippen molar-refractivity contribution >= 4 is 46.1 Å². The zero-order valence-corrected chi connectivity index (χ0v) is 19.6. The summed E-state index contributed by atoms with van der Waals surface area (Å²) in [6.45, 7) is 1.04. The van der Waals surface area contributed by atoms with Crippen molar-refractivity contribution in [3.63, 3.8) is 0 Å². The summed E-state index contributed by atoms with van der Waals surface area (Å²) in [5.74, 6) is 0.433. The van der Waals surface area contributed by atoms with Crippen molar-refractivity contribution in [2.75, 3.05) is 43.1 Å². The third-order valence-corrected chi connectivity index (χ3v) is 6.73. The van der Waals surface area contributed by atoms with Crippen molar-refractivity contribution in [2.24, 2.45) is 0 Å². The van der Waals surface area contributed by atoms with Gasteiger partial charge in [0.2, 0.25) is 0 Å². The first-order valence-corrected chi connectivity index (χ1v) is 11.4. The highest BCUT2D eigenvalue weighted by molar-refractivity contribution is 6.30. The van der Waals surface area contributed by atoms with E-state index in [-0.39, 0.29) is 31.9 Å². The SMILES string of the molecule is CN(C(=O)O)C1(C(=O)N(CCCO)c2ccc(Cl)cc2)CCN(c2ncnc3[nH]ccc23)CC1. The van der Waals surface area contributed by atoms with Crippen LogP contribution in [0.5, 0.6) is 0 Å². The van der Waals surface area contributed by atoms with Crippen LogP contribution in [0.25, 0.3) is 11.0 Å². The largest absolute Gasteiger partial charge is 0.465 e. The van der Waals surface area contributed by atoms with Crippen LogP contribution in [0.4, 0.5) is 16.3 Å². The normalized spacial score (nSPS) is 15.3. The second kappa shape index (κ2) is 9.86. The van der Waals surface area contributed by atoms with Gasteiger partial charge in [-0.3, -0.25) is 9.69 Å². The first kappa shape index (κ1) is 23.8. The minimum absolute atomic E-state index is 0.0900. The molecule has 2 aromatic heterocycles. The standard InChI is InChI=1S/C23H27ClN6O4/c1-28(22(33)34)23(21(32)30(11-2-14-31)17-5-3-16(24)4-6-17)8-12-29(13-9-23)20-18-7-10-25-19(18)26-15-27-20/h3-7,10,15,31H,2,8-9,11-14H2,1H3,(H,33,34)(H,25,26,27). The van der Waals surface area contributed by atoms with Crippen molar-refractivity contribution in [2.45, 2.75) is 24.8 Å². The van der Waals surface area contributed by atoms with Crippen LogP contribution < -0.4 is 9.80 Å². The molecule has 0 unspecified atom stereocenters. The van der Waals surface area contributed by atoms with E-state index in [1.807, 2.05) is 6.07 Å². The summed E-state index contributed by atoms with van der Waals surface area (Å²) in [5.41, 5.74) is 0.0635. The van der Waals surface area contributed by atoms with Crippen LogP contribution in [-0.4, -0.2) is 80.9 Å². The number of carbonyl (C=O) groups is 2. The van der Waals surface area contributed by atoms with Gasteiger partial charge < -0.3 is 25.0 Å². The van der Waals surface area contributed by atoms with Crippen LogP contribution in [0.1, 0.15) is 19.3 Å². The average Bonchev–Trinajstić information content (AvgIpc) is 3.34. The van der Waals surface area contributed by atoms with Gasteiger partial charge >= 0.3 is 6.09 Å². The van der Waals surface area contributed by atoms with Crippen LogP contribution in [0.2, 0.25) is 5.02 Å². The molecule has 0 spiro atoms. The number of amides is 2. The molecule has 0 radical (unpaired) electrons. The number of aliphatic hydroxyl groups is 1. The summed E-state index contributed by atoms with van der Waals surface area (Å²) in [4.78, 5) is 42.6. The molecule has 0 saturated carbocycles. The fourth-order valence-corrected chi connectivity index (χ4v) is 4.65. The number of aromatic amines is 1. The van der Waals surface area contributed by atoms with Gasteiger partial charge in [0.25, 0.3) is 5.91 Å². The van der Waals surface area contributed by atoms with E-state index < -0.39 is 11.6 Å². The van der Waals surface area contributed by atoms with Gasteiger partial charge in [0.15, 0.2) is 0 Å². The highest BCUT2D eigenvalue weighted by Gasteiger charge is 2.49. The lowest BCUT2D eigenvalue weighted by atomic mass is 9.84. The van der Waals surface area contributed by atoms with Crippen LogP contribution in [-0.2, 0) is 4.79 Å². The Morgan fingerprint density at radius 1 is 1.18 bits per heavy atom. The number of benzene rings is 1. The number of nitrogens with zero attached hydrogens (tertiary/aromatic N) is 5. The van der Waals surface area contributed by atoms with E-state index in [9.17, 15) is 19.8 Å². The number of fused-ring (bicyclic) bond motifs is 1. The number of H-pyrrole nitrogens is 1. The first-order chi connectivity index (χ1) is 16.4. The summed E-state index contributed by atoms with van der Waals surface area (Å²) in [7, 11) is 1.44. The maximum Gasteiger partial charge on any atom is 0.407 e. The number of rotatable bonds is 7. The molecule has 1 aliphatic rings. The molecule has 180 valence electrons. The van der Waals surface area contributed by atoms with Gasteiger partial charge in [-0.2, -0.15) is 0 Å². The van der Waals surface area contributed by atoms with E-state index in [0.29, 0.717) is 30.2 Å². The smallest absolute Gasteiger partial charge is 0.407 e. The Morgan fingerprint density at radius 3 is 2.53 bits per heavy atom. The van der Waals surface area contributed by atoms with Gasteiger partial charge in [-0.05, 0) is 49.6 Å². The Labute approximate surface area is 201 Å². The lowest BCUT2D eigenvalue weighted by molar-refractivity contribution is -0.130. The summed E-state index contributed by atoms with van der Waals surface area (Å²) in [6, 6.07) is 8.72. The number of nitrogens with one attached hydrogen (secondary N) is 1. The molecule has 1 aliphatic heterocycles. The molecule has 0 atom stereocenters. The molecule has 0 bridgehead atoms. The zero-order valence-electron chi connectivity index (χ0n) is 18.8. The van der Waals surface area contributed by atoms with Gasteiger partial charge in [-0.25, -0.2) is 14.8 Å². The Hall–Kier alpha value is -3.37. The van der Waals surface area contributed by atoms with E-state index in [2.05, 4.69) is 19.9 Å². The number of aliphatic hydroxyl groups excluding tert-OH is 1. The van der Waals surface area contributed by atoms with E-state index in [0.717, 1.165) is 21.8 Å². The van der Waals surface area contributed by atoms with Crippen LogP contribution in [0, 0.1) is 0 Å². The Balaban J connectivity index is 1.65. The quantitative estimate of drug-likeness (QED) is 0.468. The molecule has 1 aromatic carbocycles. The highest BCUT2D eigenvalue weighted by atomic mass is 35.5. The molecule has 3 heterocycles. The number of carboxylic acid groups (broad SMARTS) is 1. The number of hydrogen-bond donors (Lipinski definition) is 3. The molecule has 11 heteroatoms. The number of halogens is 1. The monoisotopic (exact) mass is 486 g/mol. The summed E-state index contributed by atoms with van der Waals surface area (Å²) >= 11 is 6.03. The number of likely N-dealkylation sites (N-methyl/N-ethyl adjacent to an activating group) is 1. The van der Waals surface area contributed by atoms with Crippen molar-refractivity contribution in [3.8, 4) is 0 Å². The average molecular weight is 487 g/mol. The molecule has 3 N–H and O–H groups in total.